The number of imidazole rings is 1. The minimum absolute atomic E-state index is 0.0398. The van der Waals surface area contributed by atoms with Crippen LogP contribution in [0.1, 0.15) is 50.4 Å². The lowest BCUT2D eigenvalue weighted by Gasteiger charge is -2.27. The number of allylic oxidation sites excluding steroid dienone is 1. The normalized spacial score (nSPS) is 17.8. The lowest BCUT2D eigenvalue weighted by Crippen LogP contribution is -2.25. The van der Waals surface area contributed by atoms with Crippen LogP contribution in [0.4, 0.5) is 4.39 Å². The van der Waals surface area contributed by atoms with Gasteiger partial charge in [0.05, 0.1) is 17.0 Å². The molecular formula is C27H28FN3O3. The van der Waals surface area contributed by atoms with E-state index in [-0.39, 0.29) is 18.4 Å². The number of carboxylic acid groups (broad SMARTS) is 1. The van der Waals surface area contributed by atoms with Crippen LogP contribution in [-0.2, 0) is 4.79 Å². The second-order valence-corrected chi connectivity index (χ2v) is 8.77. The first-order valence-electron chi connectivity index (χ1n) is 11.4. The van der Waals surface area contributed by atoms with E-state index in [9.17, 15) is 9.18 Å². The smallest absolute Gasteiger partial charge is 0.303 e. The molecule has 1 aromatic carbocycles. The number of hydrogen-bond acceptors (Lipinski definition) is 4. The second kappa shape index (κ2) is 10.0. The Labute approximate surface area is 198 Å². The number of benzene rings is 1. The Kier molecular flexibility index (Phi) is 6.91. The molecule has 0 unspecified atom stereocenters. The number of halogens is 1. The topological polar surface area (TPSA) is 88.1 Å². The number of carboxylic acids is 1. The summed E-state index contributed by atoms with van der Waals surface area (Å²) in [6.07, 6.45) is 6.88. The molecule has 4 rings (SSSR count). The highest BCUT2D eigenvalue weighted by Crippen LogP contribution is 2.31. The minimum Gasteiger partial charge on any atom is -0.481 e. The van der Waals surface area contributed by atoms with Gasteiger partial charge in [-0.25, -0.2) is 14.4 Å². The first-order valence-corrected chi connectivity index (χ1v) is 11.4. The standard InChI is InChI=1S/C27H28FN3O3/c1-4-23-26(16(2)3)31-27(30-23)21-11-7-18(14-22(21)28)19-8-12-24(29-15-19)34-20-9-5-17(6-10-20)13-25(32)33/h4,7-8,11-12,14-15,17,20H,1-2,5-6,9-10,13H2,3H3,(H,30,31)(H,32,33)/t17-,20-. The van der Waals surface area contributed by atoms with Gasteiger partial charge in [-0.15, -0.1) is 0 Å². The van der Waals surface area contributed by atoms with Crippen LogP contribution in [0.25, 0.3) is 34.2 Å². The van der Waals surface area contributed by atoms with Crippen LogP contribution in [0.15, 0.2) is 49.7 Å². The summed E-state index contributed by atoms with van der Waals surface area (Å²) in [7, 11) is 0. The largest absolute Gasteiger partial charge is 0.481 e. The van der Waals surface area contributed by atoms with Gasteiger partial charge in [0, 0.05) is 24.2 Å². The van der Waals surface area contributed by atoms with E-state index in [2.05, 4.69) is 28.1 Å². The molecule has 1 fully saturated rings. The van der Waals surface area contributed by atoms with Crippen LogP contribution in [0.3, 0.4) is 0 Å². The number of rotatable bonds is 8. The second-order valence-electron chi connectivity index (χ2n) is 8.77. The molecule has 0 atom stereocenters. The molecule has 2 aromatic heterocycles. The molecule has 0 spiro atoms. The van der Waals surface area contributed by atoms with Gasteiger partial charge in [0.25, 0.3) is 0 Å². The highest BCUT2D eigenvalue weighted by molar-refractivity contribution is 5.73. The Balaban J connectivity index is 1.43. The fourth-order valence-corrected chi connectivity index (χ4v) is 4.37. The van der Waals surface area contributed by atoms with Crippen molar-refractivity contribution in [2.24, 2.45) is 5.92 Å². The van der Waals surface area contributed by atoms with Crippen molar-refractivity contribution in [3.63, 3.8) is 0 Å². The maximum Gasteiger partial charge on any atom is 0.303 e. The summed E-state index contributed by atoms with van der Waals surface area (Å²) in [5.41, 5.74) is 4.02. The average molecular weight is 462 g/mol. The van der Waals surface area contributed by atoms with Gasteiger partial charge < -0.3 is 14.8 Å². The van der Waals surface area contributed by atoms with Gasteiger partial charge in [0.2, 0.25) is 5.88 Å². The van der Waals surface area contributed by atoms with Crippen LogP contribution < -0.4 is 4.74 Å². The summed E-state index contributed by atoms with van der Waals surface area (Å²) in [4.78, 5) is 22.8. The summed E-state index contributed by atoms with van der Waals surface area (Å²) in [6.45, 7) is 9.54. The van der Waals surface area contributed by atoms with E-state index in [0.717, 1.165) is 42.5 Å². The first kappa shape index (κ1) is 23.4. The number of hydrogen-bond donors (Lipinski definition) is 2. The van der Waals surface area contributed by atoms with Crippen LogP contribution in [0, 0.1) is 11.7 Å². The van der Waals surface area contributed by atoms with Gasteiger partial charge >= 0.3 is 5.97 Å². The zero-order chi connectivity index (χ0) is 24.2. The Morgan fingerprint density at radius 3 is 2.53 bits per heavy atom. The van der Waals surface area contributed by atoms with Crippen molar-refractivity contribution in [1.29, 1.82) is 0 Å². The molecule has 0 bridgehead atoms. The summed E-state index contributed by atoms with van der Waals surface area (Å²) < 4.78 is 21.0. The Bertz CT molecular complexity index is 1210. The van der Waals surface area contributed by atoms with Crippen molar-refractivity contribution >= 4 is 17.6 Å². The number of aliphatic carboxylic acids is 1. The zero-order valence-corrected chi connectivity index (χ0v) is 19.2. The molecular weight excluding hydrogens is 433 g/mol. The molecule has 2 N–H and O–H groups in total. The monoisotopic (exact) mass is 461 g/mol. The van der Waals surface area contributed by atoms with E-state index in [0.29, 0.717) is 28.5 Å². The van der Waals surface area contributed by atoms with Crippen LogP contribution in [-0.4, -0.2) is 32.1 Å². The van der Waals surface area contributed by atoms with Gasteiger partial charge in [-0.3, -0.25) is 4.79 Å². The molecule has 2 heterocycles. The lowest BCUT2D eigenvalue weighted by molar-refractivity contribution is -0.138. The van der Waals surface area contributed by atoms with E-state index in [4.69, 9.17) is 9.84 Å². The molecule has 3 aromatic rings. The third kappa shape index (κ3) is 5.25. The summed E-state index contributed by atoms with van der Waals surface area (Å²) in [6, 6.07) is 8.63. The van der Waals surface area contributed by atoms with Gasteiger partial charge in [0.1, 0.15) is 17.7 Å². The third-order valence-corrected chi connectivity index (χ3v) is 6.19. The summed E-state index contributed by atoms with van der Waals surface area (Å²) in [5.74, 6) is 0.0312. The van der Waals surface area contributed by atoms with Gasteiger partial charge in [-0.05, 0) is 73.9 Å². The van der Waals surface area contributed by atoms with Gasteiger partial charge in [-0.2, -0.15) is 0 Å². The van der Waals surface area contributed by atoms with Gasteiger partial charge in [-0.1, -0.05) is 19.2 Å². The van der Waals surface area contributed by atoms with E-state index < -0.39 is 11.8 Å². The van der Waals surface area contributed by atoms with E-state index in [1.165, 1.54) is 6.07 Å². The van der Waals surface area contributed by atoms with Crippen molar-refractivity contribution in [3.05, 3.63) is 66.9 Å². The van der Waals surface area contributed by atoms with E-state index >= 15 is 0 Å². The van der Waals surface area contributed by atoms with Crippen LogP contribution in [0.5, 0.6) is 5.88 Å². The fraction of sp³-hybridized carbons (Fsp3) is 0.296. The number of nitrogens with zero attached hydrogens (tertiary/aromatic N) is 2. The Morgan fingerprint density at radius 1 is 1.24 bits per heavy atom. The number of nitrogens with one attached hydrogen (secondary N) is 1. The number of pyridine rings is 1. The summed E-state index contributed by atoms with van der Waals surface area (Å²) in [5, 5.41) is 8.94. The van der Waals surface area contributed by atoms with Crippen molar-refractivity contribution in [2.45, 2.75) is 45.1 Å². The molecule has 0 radical (unpaired) electrons. The molecule has 1 aliphatic rings. The first-order chi connectivity index (χ1) is 16.3. The SMILES string of the molecule is C=Cc1nc(-c2ccc(-c3ccc(O[C@H]4CC[C@H](CC(=O)O)CC4)nc3)cc2F)[nH]c1C(=C)C. The predicted molar refractivity (Wildman–Crippen MR) is 131 cm³/mol. The van der Waals surface area contributed by atoms with Crippen molar-refractivity contribution in [2.75, 3.05) is 0 Å². The lowest BCUT2D eigenvalue weighted by atomic mass is 9.85. The van der Waals surface area contributed by atoms with Crippen molar-refractivity contribution < 1.29 is 19.0 Å². The quantitative estimate of drug-likeness (QED) is 0.407. The number of ether oxygens (including phenoxy) is 1. The van der Waals surface area contributed by atoms with Crippen LogP contribution >= 0.6 is 0 Å². The highest BCUT2D eigenvalue weighted by atomic mass is 19.1. The van der Waals surface area contributed by atoms with Crippen molar-refractivity contribution in [3.8, 4) is 28.4 Å². The molecule has 0 aliphatic heterocycles. The maximum absolute atomic E-state index is 15.0. The minimum atomic E-state index is -0.742. The fourth-order valence-electron chi connectivity index (χ4n) is 4.37. The van der Waals surface area contributed by atoms with Crippen LogP contribution in [0.2, 0.25) is 0 Å². The molecule has 0 amide bonds. The van der Waals surface area contributed by atoms with Crippen molar-refractivity contribution in [1.82, 2.24) is 15.0 Å². The number of aromatic nitrogens is 3. The summed E-state index contributed by atoms with van der Waals surface area (Å²) >= 11 is 0. The average Bonchev–Trinajstić information content (AvgIpc) is 3.25. The number of carbonyl (C=O) groups is 1. The molecule has 1 saturated carbocycles. The molecule has 6 nitrogen and oxygen atoms in total. The molecule has 34 heavy (non-hydrogen) atoms. The van der Waals surface area contributed by atoms with E-state index in [1.807, 2.05) is 19.1 Å². The Hall–Kier alpha value is -3.74. The molecule has 0 saturated heterocycles. The molecule has 1 aliphatic carbocycles. The molecule has 7 heteroatoms. The zero-order valence-electron chi connectivity index (χ0n) is 19.2. The van der Waals surface area contributed by atoms with E-state index in [1.54, 1.807) is 24.4 Å². The Morgan fingerprint density at radius 2 is 1.97 bits per heavy atom. The third-order valence-electron chi connectivity index (χ3n) is 6.19. The molecule has 176 valence electrons. The number of aromatic amines is 1. The maximum atomic E-state index is 15.0. The van der Waals surface area contributed by atoms with Gasteiger partial charge in [0.15, 0.2) is 0 Å². The predicted octanol–water partition coefficient (Wildman–Crippen LogP) is 6.37. The highest BCUT2D eigenvalue weighted by Gasteiger charge is 2.24. The number of H-pyrrole nitrogens is 1.